The van der Waals surface area contributed by atoms with Gasteiger partial charge in [0.15, 0.2) is 12.2 Å². The standard InChI is InChI=1S/C16H22O8/c1-6-9-14(23-15(19)10(4)21-12(17)7-2)24-16(20)11(5)22-13(18)8-3/h7-8,10-11,14H,2-3,6,9H2,1,4-5H3. The summed E-state index contributed by atoms with van der Waals surface area (Å²) in [6.45, 7) is 10.8. The fourth-order valence-corrected chi connectivity index (χ4v) is 1.37. The van der Waals surface area contributed by atoms with Gasteiger partial charge in [-0.2, -0.15) is 0 Å². The molecule has 0 saturated heterocycles. The molecule has 0 fully saturated rings. The fourth-order valence-electron chi connectivity index (χ4n) is 1.37. The Bertz CT molecular complexity index is 454. The molecule has 0 radical (unpaired) electrons. The number of carbonyl (C=O) groups excluding carboxylic acids is 4. The minimum Gasteiger partial charge on any atom is -0.447 e. The summed E-state index contributed by atoms with van der Waals surface area (Å²) < 4.78 is 19.4. The molecule has 8 heteroatoms. The number of esters is 4. The molecule has 8 nitrogen and oxygen atoms in total. The van der Waals surface area contributed by atoms with Crippen LogP contribution in [-0.2, 0) is 38.1 Å². The van der Waals surface area contributed by atoms with Crippen molar-refractivity contribution in [1.82, 2.24) is 0 Å². The van der Waals surface area contributed by atoms with Gasteiger partial charge in [0, 0.05) is 18.6 Å². The van der Waals surface area contributed by atoms with Crippen LogP contribution in [0.25, 0.3) is 0 Å². The number of hydrogen-bond acceptors (Lipinski definition) is 8. The van der Waals surface area contributed by atoms with E-state index in [0.29, 0.717) is 6.42 Å². The molecule has 0 aromatic heterocycles. The molecule has 24 heavy (non-hydrogen) atoms. The predicted molar refractivity (Wildman–Crippen MR) is 82.4 cm³/mol. The van der Waals surface area contributed by atoms with Gasteiger partial charge in [-0.3, -0.25) is 0 Å². The average molecular weight is 342 g/mol. The maximum atomic E-state index is 11.8. The summed E-state index contributed by atoms with van der Waals surface area (Å²) in [5.74, 6) is -3.33. The Balaban J connectivity index is 4.68. The zero-order valence-corrected chi connectivity index (χ0v) is 14.0. The number of ether oxygens (including phenoxy) is 4. The molecular formula is C16H22O8. The van der Waals surface area contributed by atoms with Crippen LogP contribution in [0.3, 0.4) is 0 Å². The lowest BCUT2D eigenvalue weighted by molar-refractivity contribution is -0.203. The first-order valence-corrected chi connectivity index (χ1v) is 7.32. The molecule has 0 aromatic carbocycles. The molecule has 0 amide bonds. The smallest absolute Gasteiger partial charge is 0.350 e. The van der Waals surface area contributed by atoms with E-state index in [-0.39, 0.29) is 6.42 Å². The van der Waals surface area contributed by atoms with Crippen molar-refractivity contribution < 1.29 is 38.1 Å². The Hall–Kier alpha value is -2.64. The van der Waals surface area contributed by atoms with E-state index in [1.54, 1.807) is 6.92 Å². The maximum Gasteiger partial charge on any atom is 0.350 e. The normalized spacial score (nSPS) is 13.6. The van der Waals surface area contributed by atoms with E-state index in [4.69, 9.17) is 18.9 Å². The van der Waals surface area contributed by atoms with Crippen LogP contribution in [0.5, 0.6) is 0 Å². The zero-order valence-electron chi connectivity index (χ0n) is 14.0. The summed E-state index contributed by atoms with van der Waals surface area (Å²) >= 11 is 0. The van der Waals surface area contributed by atoms with Crippen LogP contribution in [0.1, 0.15) is 33.6 Å². The summed E-state index contributed by atoms with van der Waals surface area (Å²) in [7, 11) is 0. The molecule has 0 aliphatic heterocycles. The summed E-state index contributed by atoms with van der Waals surface area (Å²) in [5.41, 5.74) is 0. The summed E-state index contributed by atoms with van der Waals surface area (Å²) in [4.78, 5) is 45.8. The Morgan fingerprint density at radius 3 is 1.50 bits per heavy atom. The van der Waals surface area contributed by atoms with E-state index in [9.17, 15) is 19.2 Å². The quantitative estimate of drug-likeness (QED) is 0.254. The molecule has 0 saturated carbocycles. The van der Waals surface area contributed by atoms with Crippen molar-refractivity contribution in [2.75, 3.05) is 0 Å². The highest BCUT2D eigenvalue weighted by molar-refractivity contribution is 5.86. The van der Waals surface area contributed by atoms with Gasteiger partial charge in [-0.1, -0.05) is 20.1 Å². The summed E-state index contributed by atoms with van der Waals surface area (Å²) in [6, 6.07) is 0. The monoisotopic (exact) mass is 342 g/mol. The molecule has 0 N–H and O–H groups in total. The third-order valence-corrected chi connectivity index (χ3v) is 2.60. The molecular weight excluding hydrogens is 320 g/mol. The first kappa shape index (κ1) is 21.4. The molecule has 2 unspecified atom stereocenters. The Labute approximate surface area is 140 Å². The largest absolute Gasteiger partial charge is 0.447 e. The van der Waals surface area contributed by atoms with Gasteiger partial charge in [0.05, 0.1) is 0 Å². The van der Waals surface area contributed by atoms with Crippen LogP contribution in [0, 0.1) is 0 Å². The Kier molecular flexibility index (Phi) is 9.77. The van der Waals surface area contributed by atoms with Gasteiger partial charge in [0.2, 0.25) is 6.29 Å². The van der Waals surface area contributed by atoms with Gasteiger partial charge in [0.25, 0.3) is 0 Å². The van der Waals surface area contributed by atoms with E-state index in [2.05, 4.69) is 13.2 Å². The Morgan fingerprint density at radius 1 is 0.833 bits per heavy atom. The van der Waals surface area contributed by atoms with Gasteiger partial charge >= 0.3 is 23.9 Å². The van der Waals surface area contributed by atoms with Gasteiger partial charge in [0.1, 0.15) is 0 Å². The van der Waals surface area contributed by atoms with Gasteiger partial charge in [-0.05, 0) is 20.3 Å². The van der Waals surface area contributed by atoms with Gasteiger partial charge in [-0.25, -0.2) is 19.2 Å². The molecule has 134 valence electrons. The lowest BCUT2D eigenvalue weighted by Gasteiger charge is -2.21. The molecule has 0 aromatic rings. The number of carbonyl (C=O) groups is 4. The van der Waals surface area contributed by atoms with Crippen LogP contribution in [-0.4, -0.2) is 42.4 Å². The van der Waals surface area contributed by atoms with Crippen LogP contribution >= 0.6 is 0 Å². The minimum absolute atomic E-state index is 0.224. The first-order chi connectivity index (χ1) is 11.2. The zero-order chi connectivity index (χ0) is 18.7. The number of hydrogen-bond donors (Lipinski definition) is 0. The molecule has 0 rings (SSSR count). The molecule has 0 aliphatic carbocycles. The van der Waals surface area contributed by atoms with Crippen LogP contribution < -0.4 is 0 Å². The molecule has 0 spiro atoms. The van der Waals surface area contributed by atoms with Crippen molar-refractivity contribution in [2.45, 2.75) is 52.1 Å². The highest BCUT2D eigenvalue weighted by Gasteiger charge is 2.27. The van der Waals surface area contributed by atoms with E-state index < -0.39 is 42.4 Å². The van der Waals surface area contributed by atoms with Crippen molar-refractivity contribution in [3.05, 3.63) is 25.3 Å². The molecule has 0 aliphatic rings. The SMILES string of the molecule is C=CC(=O)OC(C)C(=O)OC(CCC)OC(=O)C(C)OC(=O)C=C. The van der Waals surface area contributed by atoms with Crippen molar-refractivity contribution in [1.29, 1.82) is 0 Å². The maximum absolute atomic E-state index is 11.8. The molecule has 2 atom stereocenters. The predicted octanol–water partition coefficient (Wildman–Crippen LogP) is 1.43. The fraction of sp³-hybridized carbons (Fsp3) is 0.500. The second-order valence-corrected chi connectivity index (χ2v) is 4.66. The van der Waals surface area contributed by atoms with E-state index >= 15 is 0 Å². The highest BCUT2D eigenvalue weighted by Crippen LogP contribution is 2.10. The summed E-state index contributed by atoms with van der Waals surface area (Å²) in [6.07, 6.45) is -0.987. The van der Waals surface area contributed by atoms with Crippen molar-refractivity contribution in [2.24, 2.45) is 0 Å². The minimum atomic E-state index is -1.19. The molecule has 0 heterocycles. The van der Waals surface area contributed by atoms with E-state index in [1.165, 1.54) is 13.8 Å². The van der Waals surface area contributed by atoms with Gasteiger partial charge < -0.3 is 18.9 Å². The van der Waals surface area contributed by atoms with Crippen molar-refractivity contribution in [3.63, 3.8) is 0 Å². The van der Waals surface area contributed by atoms with Crippen LogP contribution in [0.4, 0.5) is 0 Å². The average Bonchev–Trinajstić information content (AvgIpc) is 2.54. The van der Waals surface area contributed by atoms with Gasteiger partial charge in [-0.15, -0.1) is 0 Å². The topological polar surface area (TPSA) is 105 Å². The van der Waals surface area contributed by atoms with Crippen molar-refractivity contribution in [3.8, 4) is 0 Å². The lowest BCUT2D eigenvalue weighted by Crippen LogP contribution is -2.35. The third kappa shape index (κ3) is 8.11. The highest BCUT2D eigenvalue weighted by atomic mass is 16.7. The molecule has 0 bridgehead atoms. The third-order valence-electron chi connectivity index (χ3n) is 2.60. The second kappa shape index (κ2) is 11.0. The lowest BCUT2D eigenvalue weighted by atomic mass is 10.3. The van der Waals surface area contributed by atoms with E-state index in [0.717, 1.165) is 12.2 Å². The summed E-state index contributed by atoms with van der Waals surface area (Å²) in [5, 5.41) is 0. The number of rotatable bonds is 10. The van der Waals surface area contributed by atoms with E-state index in [1.807, 2.05) is 0 Å². The van der Waals surface area contributed by atoms with Crippen molar-refractivity contribution >= 4 is 23.9 Å². The second-order valence-electron chi connectivity index (χ2n) is 4.66. The van der Waals surface area contributed by atoms with Crippen LogP contribution in [0.2, 0.25) is 0 Å². The Morgan fingerprint density at radius 2 is 1.21 bits per heavy atom. The first-order valence-electron chi connectivity index (χ1n) is 7.32. The van der Waals surface area contributed by atoms with Crippen LogP contribution in [0.15, 0.2) is 25.3 Å².